The van der Waals surface area contributed by atoms with E-state index in [4.69, 9.17) is 9.47 Å². The van der Waals surface area contributed by atoms with Crippen LogP contribution in [0.15, 0.2) is 59.7 Å². The Morgan fingerprint density at radius 3 is 2.32 bits per heavy atom. The van der Waals surface area contributed by atoms with Gasteiger partial charge in [0.05, 0.1) is 16.9 Å². The van der Waals surface area contributed by atoms with Gasteiger partial charge in [-0.05, 0) is 77.7 Å². The molecule has 0 fully saturated rings. The maximum absolute atomic E-state index is 12.5. The molecule has 3 amide bonds. The van der Waals surface area contributed by atoms with E-state index in [9.17, 15) is 14.4 Å². The summed E-state index contributed by atoms with van der Waals surface area (Å²) in [5, 5.41) is 9.30. The van der Waals surface area contributed by atoms with Crippen LogP contribution in [0.2, 0.25) is 0 Å². The first-order valence-electron chi connectivity index (χ1n) is 11.7. The summed E-state index contributed by atoms with van der Waals surface area (Å²) in [4.78, 5) is 36.6. The molecular formula is C28H29IN4O5. The SMILES string of the molecule is COc1cc(/C=N\NC(=O)C(=O)NCc2ccc(C)cc2)cc(I)c1OCC(=O)Nc1c(C)cccc1C. The number of methoxy groups -OCH3 is 1. The van der Waals surface area contributed by atoms with Crippen molar-refractivity contribution in [1.82, 2.24) is 10.7 Å². The van der Waals surface area contributed by atoms with Crippen molar-refractivity contribution < 1.29 is 23.9 Å². The van der Waals surface area contributed by atoms with Crippen molar-refractivity contribution in [3.05, 3.63) is 86.0 Å². The molecule has 38 heavy (non-hydrogen) atoms. The molecule has 10 heteroatoms. The summed E-state index contributed by atoms with van der Waals surface area (Å²) in [7, 11) is 1.48. The normalized spacial score (nSPS) is 10.7. The first-order chi connectivity index (χ1) is 18.2. The molecule has 0 aliphatic carbocycles. The molecule has 0 aromatic heterocycles. The highest BCUT2D eigenvalue weighted by Crippen LogP contribution is 2.33. The van der Waals surface area contributed by atoms with Crippen LogP contribution in [0.25, 0.3) is 0 Å². The molecule has 0 saturated heterocycles. The Bertz CT molecular complexity index is 1340. The predicted octanol–water partition coefficient (Wildman–Crippen LogP) is 4.01. The fourth-order valence-electron chi connectivity index (χ4n) is 3.46. The molecule has 0 radical (unpaired) electrons. The first-order valence-corrected chi connectivity index (χ1v) is 12.8. The van der Waals surface area contributed by atoms with E-state index in [2.05, 4.69) is 43.8 Å². The zero-order valence-corrected chi connectivity index (χ0v) is 23.7. The van der Waals surface area contributed by atoms with Gasteiger partial charge in [0, 0.05) is 12.2 Å². The van der Waals surface area contributed by atoms with Crippen LogP contribution in [-0.2, 0) is 20.9 Å². The molecule has 3 aromatic rings. The van der Waals surface area contributed by atoms with Crippen LogP contribution in [0.3, 0.4) is 0 Å². The number of amides is 3. The quantitative estimate of drug-likeness (QED) is 0.143. The lowest BCUT2D eigenvalue weighted by Gasteiger charge is -2.15. The highest BCUT2D eigenvalue weighted by Gasteiger charge is 2.15. The first kappa shape index (κ1) is 28.6. The molecule has 0 atom stereocenters. The minimum absolute atomic E-state index is 0.207. The summed E-state index contributed by atoms with van der Waals surface area (Å²) in [5.74, 6) is -1.18. The van der Waals surface area contributed by atoms with Crippen molar-refractivity contribution >= 4 is 52.2 Å². The molecule has 0 spiro atoms. The van der Waals surface area contributed by atoms with E-state index in [1.165, 1.54) is 13.3 Å². The number of hydrogen-bond donors (Lipinski definition) is 3. The van der Waals surface area contributed by atoms with E-state index in [-0.39, 0.29) is 19.1 Å². The molecule has 0 saturated carbocycles. The summed E-state index contributed by atoms with van der Waals surface area (Å²) in [6, 6.07) is 16.8. The van der Waals surface area contributed by atoms with Crippen molar-refractivity contribution in [2.24, 2.45) is 5.10 Å². The van der Waals surface area contributed by atoms with Gasteiger partial charge in [-0.25, -0.2) is 5.43 Å². The number of ether oxygens (including phenoxy) is 2. The van der Waals surface area contributed by atoms with Gasteiger partial charge in [0.15, 0.2) is 18.1 Å². The number of para-hydroxylation sites is 1. The summed E-state index contributed by atoms with van der Waals surface area (Å²) in [6.45, 7) is 5.85. The van der Waals surface area contributed by atoms with Gasteiger partial charge in [-0.1, -0.05) is 48.0 Å². The topological polar surface area (TPSA) is 118 Å². The third-order valence-electron chi connectivity index (χ3n) is 5.50. The van der Waals surface area contributed by atoms with Gasteiger partial charge in [-0.3, -0.25) is 14.4 Å². The van der Waals surface area contributed by atoms with Crippen molar-refractivity contribution in [2.45, 2.75) is 27.3 Å². The van der Waals surface area contributed by atoms with Gasteiger partial charge in [0.25, 0.3) is 5.91 Å². The molecule has 3 aromatic carbocycles. The van der Waals surface area contributed by atoms with Crippen molar-refractivity contribution in [3.8, 4) is 11.5 Å². The fourth-order valence-corrected chi connectivity index (χ4v) is 4.25. The number of halogens is 1. The predicted molar refractivity (Wildman–Crippen MR) is 155 cm³/mol. The Labute approximate surface area is 235 Å². The number of carbonyl (C=O) groups excluding carboxylic acids is 3. The number of aryl methyl sites for hydroxylation is 3. The molecule has 198 valence electrons. The molecule has 3 rings (SSSR count). The second-order valence-electron chi connectivity index (χ2n) is 8.51. The monoisotopic (exact) mass is 628 g/mol. The molecule has 0 aliphatic rings. The average molecular weight is 628 g/mol. The molecule has 0 aliphatic heterocycles. The van der Waals surface area contributed by atoms with Gasteiger partial charge in [0.1, 0.15) is 0 Å². The molecule has 0 heterocycles. The molecule has 3 N–H and O–H groups in total. The maximum Gasteiger partial charge on any atom is 0.329 e. The molecule has 0 bridgehead atoms. The van der Waals surface area contributed by atoms with E-state index in [1.54, 1.807) is 12.1 Å². The van der Waals surface area contributed by atoms with Crippen LogP contribution in [0.5, 0.6) is 11.5 Å². The van der Waals surface area contributed by atoms with Crippen molar-refractivity contribution in [3.63, 3.8) is 0 Å². The van der Waals surface area contributed by atoms with Crippen molar-refractivity contribution in [1.29, 1.82) is 0 Å². The second kappa shape index (κ2) is 13.6. The minimum Gasteiger partial charge on any atom is -0.493 e. The molecular weight excluding hydrogens is 599 g/mol. The molecule has 0 unspecified atom stereocenters. The second-order valence-corrected chi connectivity index (χ2v) is 9.67. The highest BCUT2D eigenvalue weighted by atomic mass is 127. The number of hydrogen-bond acceptors (Lipinski definition) is 6. The Hall–Kier alpha value is -3.93. The maximum atomic E-state index is 12.5. The number of rotatable bonds is 9. The lowest BCUT2D eigenvalue weighted by atomic mass is 10.1. The standard InChI is InChI=1S/C28H29IN4O5/c1-17-8-10-20(11-9-17)14-30-27(35)28(36)33-31-15-21-12-22(29)26(23(13-21)37-4)38-16-24(34)32-25-18(2)6-5-7-19(25)3/h5-13,15H,14,16H2,1-4H3,(H,30,35)(H,32,34)(H,33,36)/b31-15-. The van der Waals surface area contributed by atoms with E-state index >= 15 is 0 Å². The summed E-state index contributed by atoms with van der Waals surface area (Å²) in [5.41, 5.74) is 7.49. The smallest absolute Gasteiger partial charge is 0.329 e. The third kappa shape index (κ3) is 8.04. The summed E-state index contributed by atoms with van der Waals surface area (Å²) >= 11 is 2.06. The van der Waals surface area contributed by atoms with E-state index in [1.807, 2.05) is 63.2 Å². The number of nitrogens with one attached hydrogen (secondary N) is 3. The Morgan fingerprint density at radius 1 is 0.974 bits per heavy atom. The fraction of sp³-hybridized carbons (Fsp3) is 0.214. The van der Waals surface area contributed by atoms with Crippen LogP contribution in [0, 0.1) is 24.3 Å². The highest BCUT2D eigenvalue weighted by molar-refractivity contribution is 14.1. The Kier molecular flexibility index (Phi) is 10.2. The molecule has 9 nitrogen and oxygen atoms in total. The van der Waals surface area contributed by atoms with E-state index < -0.39 is 11.8 Å². The number of benzene rings is 3. The largest absolute Gasteiger partial charge is 0.493 e. The number of hydrazone groups is 1. The summed E-state index contributed by atoms with van der Waals surface area (Å²) in [6.07, 6.45) is 1.38. The van der Waals surface area contributed by atoms with Crippen LogP contribution >= 0.6 is 22.6 Å². The Balaban J connectivity index is 1.56. The van der Waals surface area contributed by atoms with Gasteiger partial charge >= 0.3 is 11.8 Å². The van der Waals surface area contributed by atoms with Gasteiger partial charge in [-0.2, -0.15) is 5.10 Å². The van der Waals surface area contributed by atoms with E-state index in [0.29, 0.717) is 20.6 Å². The number of nitrogens with zero attached hydrogens (tertiary/aromatic N) is 1. The number of carbonyl (C=O) groups is 3. The van der Waals surface area contributed by atoms with Crippen LogP contribution in [0.4, 0.5) is 5.69 Å². The summed E-state index contributed by atoms with van der Waals surface area (Å²) < 4.78 is 11.9. The van der Waals surface area contributed by atoms with Gasteiger partial charge < -0.3 is 20.1 Å². The van der Waals surface area contributed by atoms with E-state index in [0.717, 1.165) is 27.9 Å². The lowest BCUT2D eigenvalue weighted by Crippen LogP contribution is -2.37. The van der Waals surface area contributed by atoms with Gasteiger partial charge in [-0.15, -0.1) is 0 Å². The van der Waals surface area contributed by atoms with Gasteiger partial charge in [0.2, 0.25) is 0 Å². The minimum atomic E-state index is -0.884. The number of anilines is 1. The lowest BCUT2D eigenvalue weighted by molar-refractivity contribution is -0.139. The zero-order valence-electron chi connectivity index (χ0n) is 21.6. The van der Waals surface area contributed by atoms with Crippen LogP contribution in [0.1, 0.15) is 27.8 Å². The zero-order chi connectivity index (χ0) is 27.7. The Morgan fingerprint density at radius 2 is 1.66 bits per heavy atom. The average Bonchev–Trinajstić information content (AvgIpc) is 2.89. The van der Waals surface area contributed by atoms with Crippen LogP contribution in [-0.4, -0.2) is 37.7 Å². The van der Waals surface area contributed by atoms with Crippen molar-refractivity contribution in [2.75, 3.05) is 19.0 Å². The van der Waals surface area contributed by atoms with Crippen LogP contribution < -0.4 is 25.5 Å². The third-order valence-corrected chi connectivity index (χ3v) is 6.31.